The zero-order valence-electron chi connectivity index (χ0n) is 13.3. The molecule has 0 atom stereocenters. The molecule has 0 aliphatic rings. The van der Waals surface area contributed by atoms with Crippen molar-refractivity contribution in [2.75, 3.05) is 13.1 Å². The smallest absolute Gasteiger partial charge is 0.241 e. The van der Waals surface area contributed by atoms with Gasteiger partial charge in [-0.25, -0.2) is 13.1 Å². The molecule has 5 nitrogen and oxygen atoms in total. The number of benzene rings is 2. The van der Waals surface area contributed by atoms with E-state index in [1.165, 1.54) is 6.07 Å². The van der Waals surface area contributed by atoms with Crippen LogP contribution in [-0.2, 0) is 21.2 Å². The van der Waals surface area contributed by atoms with Gasteiger partial charge in [-0.1, -0.05) is 35.9 Å². The van der Waals surface area contributed by atoms with E-state index >= 15 is 0 Å². The maximum absolute atomic E-state index is 12.1. The topological polar surface area (TPSA) is 75.3 Å². The molecule has 0 aliphatic carbocycles. The second kappa shape index (κ2) is 8.28. The molecular weight excluding hydrogens is 348 g/mol. The molecule has 0 aliphatic heterocycles. The van der Waals surface area contributed by atoms with E-state index in [9.17, 15) is 13.2 Å². The van der Waals surface area contributed by atoms with Gasteiger partial charge in [0.2, 0.25) is 15.9 Å². The summed E-state index contributed by atoms with van der Waals surface area (Å²) >= 11 is 5.81. The van der Waals surface area contributed by atoms with Crippen molar-refractivity contribution in [3.63, 3.8) is 0 Å². The molecule has 128 valence electrons. The summed E-state index contributed by atoms with van der Waals surface area (Å²) in [6.45, 7) is 1.94. The predicted octanol–water partition coefficient (Wildman–Crippen LogP) is 2.29. The molecule has 2 rings (SSSR count). The Bertz CT molecular complexity index is 805. The number of aryl methyl sites for hydroxylation is 1. The molecule has 0 saturated heterocycles. The lowest BCUT2D eigenvalue weighted by molar-refractivity contribution is -0.119. The molecule has 2 aromatic rings. The highest BCUT2D eigenvalue weighted by molar-refractivity contribution is 7.89. The molecular formula is C17H19ClN2O3S. The Kier molecular flexibility index (Phi) is 6.36. The lowest BCUT2D eigenvalue weighted by Crippen LogP contribution is -2.37. The van der Waals surface area contributed by atoms with E-state index in [4.69, 9.17) is 11.6 Å². The second-order valence-corrected chi connectivity index (χ2v) is 7.57. The van der Waals surface area contributed by atoms with Crippen molar-refractivity contribution < 1.29 is 13.2 Å². The Morgan fingerprint density at radius 2 is 1.83 bits per heavy atom. The fraction of sp³-hybridized carbons (Fsp3) is 0.235. The molecule has 1 amide bonds. The molecule has 7 heteroatoms. The van der Waals surface area contributed by atoms with Gasteiger partial charge in [0, 0.05) is 11.6 Å². The molecule has 0 radical (unpaired) electrons. The van der Waals surface area contributed by atoms with E-state index in [0.29, 0.717) is 18.0 Å². The van der Waals surface area contributed by atoms with Crippen LogP contribution in [0, 0.1) is 6.92 Å². The Labute approximate surface area is 147 Å². The summed E-state index contributed by atoms with van der Waals surface area (Å²) in [6.07, 6.45) is 0.646. The number of carbonyl (C=O) groups is 1. The average molecular weight is 367 g/mol. The molecule has 2 aromatic carbocycles. The maximum Gasteiger partial charge on any atom is 0.241 e. The first-order valence-corrected chi connectivity index (χ1v) is 9.30. The van der Waals surface area contributed by atoms with Crippen molar-refractivity contribution in [3.05, 3.63) is 64.7 Å². The predicted molar refractivity (Wildman–Crippen MR) is 94.5 cm³/mol. The molecule has 0 aromatic heterocycles. The van der Waals surface area contributed by atoms with E-state index in [0.717, 1.165) is 11.1 Å². The van der Waals surface area contributed by atoms with Gasteiger partial charge in [0.15, 0.2) is 0 Å². The summed E-state index contributed by atoms with van der Waals surface area (Å²) in [7, 11) is -3.69. The quantitative estimate of drug-likeness (QED) is 0.789. The fourth-order valence-electron chi connectivity index (χ4n) is 2.09. The lowest BCUT2D eigenvalue weighted by atomic mass is 10.1. The number of carbonyl (C=O) groups excluding carboxylic acids is 1. The van der Waals surface area contributed by atoms with Gasteiger partial charge in [0.25, 0.3) is 0 Å². The number of hydrogen-bond donors (Lipinski definition) is 2. The summed E-state index contributed by atoms with van der Waals surface area (Å²) in [6, 6.07) is 13.9. The van der Waals surface area contributed by atoms with Crippen molar-refractivity contribution in [2.24, 2.45) is 0 Å². The van der Waals surface area contributed by atoms with Gasteiger partial charge in [0.1, 0.15) is 0 Å². The van der Waals surface area contributed by atoms with Crippen molar-refractivity contribution >= 4 is 27.5 Å². The van der Waals surface area contributed by atoms with E-state index in [2.05, 4.69) is 10.0 Å². The maximum atomic E-state index is 12.1. The standard InChI is InChI=1S/C17H19ClN2O3S/c1-13-3-2-4-16(11-13)24(22,23)20-12-17(21)19-10-9-14-5-7-15(18)8-6-14/h2-8,11,20H,9-10,12H2,1H3,(H,19,21). The zero-order valence-corrected chi connectivity index (χ0v) is 14.8. The van der Waals surface area contributed by atoms with Gasteiger partial charge < -0.3 is 5.32 Å². The average Bonchev–Trinajstić information content (AvgIpc) is 2.55. The normalized spacial score (nSPS) is 11.2. The van der Waals surface area contributed by atoms with Gasteiger partial charge >= 0.3 is 0 Å². The number of halogens is 1. The van der Waals surface area contributed by atoms with Crippen LogP contribution in [0.5, 0.6) is 0 Å². The van der Waals surface area contributed by atoms with Gasteiger partial charge in [-0.15, -0.1) is 0 Å². The van der Waals surface area contributed by atoms with E-state index < -0.39 is 10.0 Å². The van der Waals surface area contributed by atoms with E-state index in [1.807, 2.05) is 25.1 Å². The summed E-state index contributed by atoms with van der Waals surface area (Å²) in [5.74, 6) is -0.375. The van der Waals surface area contributed by atoms with Gasteiger partial charge in [0.05, 0.1) is 11.4 Å². The zero-order chi connectivity index (χ0) is 17.6. The van der Waals surface area contributed by atoms with E-state index in [1.54, 1.807) is 24.3 Å². The fourth-order valence-corrected chi connectivity index (χ4v) is 3.30. The molecule has 0 unspecified atom stereocenters. The van der Waals surface area contributed by atoms with Crippen molar-refractivity contribution in [1.29, 1.82) is 0 Å². The minimum Gasteiger partial charge on any atom is -0.355 e. The first-order valence-electron chi connectivity index (χ1n) is 7.44. The van der Waals surface area contributed by atoms with Crippen LogP contribution in [0.15, 0.2) is 53.4 Å². The summed E-state index contributed by atoms with van der Waals surface area (Å²) < 4.78 is 26.5. The Hall–Kier alpha value is -1.89. The third kappa shape index (κ3) is 5.63. The first kappa shape index (κ1) is 18.4. The van der Waals surface area contributed by atoms with Crippen LogP contribution in [0.4, 0.5) is 0 Å². The SMILES string of the molecule is Cc1cccc(S(=O)(=O)NCC(=O)NCCc2ccc(Cl)cc2)c1. The van der Waals surface area contributed by atoms with Crippen LogP contribution in [-0.4, -0.2) is 27.4 Å². The first-order chi connectivity index (χ1) is 11.4. The van der Waals surface area contributed by atoms with Crippen LogP contribution in [0.1, 0.15) is 11.1 Å². The van der Waals surface area contributed by atoms with Crippen LogP contribution >= 0.6 is 11.6 Å². The van der Waals surface area contributed by atoms with Crippen LogP contribution in [0.25, 0.3) is 0 Å². The van der Waals surface area contributed by atoms with E-state index in [-0.39, 0.29) is 17.3 Å². The largest absolute Gasteiger partial charge is 0.355 e. The Morgan fingerprint density at radius 1 is 1.12 bits per heavy atom. The number of rotatable bonds is 7. The third-order valence-corrected chi connectivity index (χ3v) is 5.02. The summed E-state index contributed by atoms with van der Waals surface area (Å²) in [4.78, 5) is 11.9. The van der Waals surface area contributed by atoms with Crippen LogP contribution < -0.4 is 10.0 Å². The molecule has 0 fully saturated rings. The van der Waals surface area contributed by atoms with Crippen molar-refractivity contribution in [2.45, 2.75) is 18.2 Å². The molecule has 0 heterocycles. The van der Waals surface area contributed by atoms with Gasteiger partial charge in [-0.05, 0) is 48.7 Å². The van der Waals surface area contributed by atoms with Crippen molar-refractivity contribution in [3.8, 4) is 0 Å². The van der Waals surface area contributed by atoms with Crippen LogP contribution in [0.3, 0.4) is 0 Å². The lowest BCUT2D eigenvalue weighted by Gasteiger charge is -2.08. The molecule has 24 heavy (non-hydrogen) atoms. The molecule has 0 saturated carbocycles. The second-order valence-electron chi connectivity index (χ2n) is 5.37. The highest BCUT2D eigenvalue weighted by Crippen LogP contribution is 2.10. The highest BCUT2D eigenvalue weighted by Gasteiger charge is 2.15. The summed E-state index contributed by atoms with van der Waals surface area (Å²) in [5.41, 5.74) is 1.88. The molecule has 0 bridgehead atoms. The Balaban J connectivity index is 1.79. The number of hydrogen-bond acceptors (Lipinski definition) is 3. The molecule has 2 N–H and O–H groups in total. The van der Waals surface area contributed by atoms with Gasteiger partial charge in [-0.3, -0.25) is 4.79 Å². The number of sulfonamides is 1. The number of nitrogens with one attached hydrogen (secondary N) is 2. The van der Waals surface area contributed by atoms with Crippen LogP contribution in [0.2, 0.25) is 5.02 Å². The third-order valence-electron chi connectivity index (χ3n) is 3.37. The Morgan fingerprint density at radius 3 is 2.50 bits per heavy atom. The number of amides is 1. The van der Waals surface area contributed by atoms with Crippen molar-refractivity contribution in [1.82, 2.24) is 10.0 Å². The minimum atomic E-state index is -3.69. The summed E-state index contributed by atoms with van der Waals surface area (Å²) in [5, 5.41) is 3.34. The molecule has 0 spiro atoms. The minimum absolute atomic E-state index is 0.150. The van der Waals surface area contributed by atoms with Gasteiger partial charge in [-0.2, -0.15) is 0 Å². The monoisotopic (exact) mass is 366 g/mol. The highest BCUT2D eigenvalue weighted by atomic mass is 35.5.